The van der Waals surface area contributed by atoms with Crippen LogP contribution in [0, 0.1) is 34.5 Å². The summed E-state index contributed by atoms with van der Waals surface area (Å²) in [5.74, 6) is -0.746. The van der Waals surface area contributed by atoms with Gasteiger partial charge in [-0.2, -0.15) is 0 Å². The van der Waals surface area contributed by atoms with E-state index in [1.54, 1.807) is 0 Å². The average Bonchev–Trinajstić information content (AvgIpc) is 3.56. The molecule has 5 aliphatic heterocycles. The van der Waals surface area contributed by atoms with Gasteiger partial charge in [0.15, 0.2) is 24.7 Å². The molecule has 5 saturated heterocycles. The molecule has 62 heavy (non-hydrogen) atoms. The second-order valence-electron chi connectivity index (χ2n) is 20.9. The van der Waals surface area contributed by atoms with Gasteiger partial charge in [0.05, 0.1) is 43.7 Å². The van der Waals surface area contributed by atoms with Crippen LogP contribution in [0.2, 0.25) is 0 Å². The molecule has 10 N–H and O–H groups in total. The molecule has 4 aliphatic carbocycles. The van der Waals surface area contributed by atoms with Gasteiger partial charge in [-0.05, 0) is 75.0 Å². The Hall–Kier alpha value is -0.980. The van der Waals surface area contributed by atoms with Crippen LogP contribution in [0.3, 0.4) is 0 Å². The van der Waals surface area contributed by atoms with Gasteiger partial charge in [0, 0.05) is 24.2 Å². The maximum atomic E-state index is 13.0. The molecule has 0 bridgehead atoms. The highest BCUT2D eigenvalue weighted by Gasteiger charge is 2.81. The molecule has 9 aliphatic rings. The zero-order valence-corrected chi connectivity index (χ0v) is 36.3. The van der Waals surface area contributed by atoms with Crippen LogP contribution >= 0.6 is 0 Å². The minimum atomic E-state index is -1.74. The average molecular weight is 887 g/mol. The fourth-order valence-corrected chi connectivity index (χ4v) is 13.6. The Balaban J connectivity index is 0.934. The zero-order valence-electron chi connectivity index (χ0n) is 36.3. The molecule has 0 unspecified atom stereocenters. The quantitative estimate of drug-likeness (QED) is 0.139. The van der Waals surface area contributed by atoms with Gasteiger partial charge in [-0.3, -0.25) is 0 Å². The Morgan fingerprint density at radius 2 is 1.45 bits per heavy atom. The second-order valence-corrected chi connectivity index (χ2v) is 20.9. The number of hydrogen-bond acceptors (Lipinski definition) is 18. The van der Waals surface area contributed by atoms with E-state index in [-0.39, 0.29) is 29.8 Å². The third kappa shape index (κ3) is 6.79. The molecule has 8 fully saturated rings. The van der Waals surface area contributed by atoms with Crippen molar-refractivity contribution in [1.29, 1.82) is 0 Å². The van der Waals surface area contributed by atoms with E-state index < -0.39 is 127 Å². The normalized spacial score (nSPS) is 58.9. The standard InChI is InChI=1S/C44H70O18/c1-19-8-13-43(56-17-19)21(3)44(54)28(62-43)15-42(53)25-7-6-22-14-23(9-11-40(22,4)24(25)10-12-41(42,44)5)58-39-36(61-38-33(51)31(49)29(47)20(2)57-38)34(52)35(27(16-45)59-39)60-37-32(50)30(48)26(46)18-55-37/h6,19-21,23-39,45-54H,7-18H2,1-5H3/t19-,20+,21-,23+,24+,25-,26-,27-,28+,29+,30+,31-,32-,33-,34+,35-,36-,37+,38+,39-,40+,41+,42-,43-,44-/m1/s1. The highest BCUT2D eigenvalue weighted by molar-refractivity contribution is 5.33. The number of ether oxygens (including phenoxy) is 8. The zero-order chi connectivity index (χ0) is 44.5. The number of aliphatic hydroxyl groups is 10. The smallest absolute Gasteiger partial charge is 0.187 e. The van der Waals surface area contributed by atoms with Crippen molar-refractivity contribution >= 4 is 0 Å². The van der Waals surface area contributed by atoms with Crippen LogP contribution in [0.25, 0.3) is 0 Å². The Morgan fingerprint density at radius 1 is 0.726 bits per heavy atom. The van der Waals surface area contributed by atoms with Gasteiger partial charge in [-0.15, -0.1) is 0 Å². The summed E-state index contributed by atoms with van der Waals surface area (Å²) in [4.78, 5) is 0. The molecule has 0 radical (unpaired) electrons. The fourth-order valence-electron chi connectivity index (χ4n) is 13.6. The summed E-state index contributed by atoms with van der Waals surface area (Å²) < 4.78 is 49.2. The summed E-state index contributed by atoms with van der Waals surface area (Å²) >= 11 is 0. The minimum absolute atomic E-state index is 0.117. The van der Waals surface area contributed by atoms with E-state index in [1.165, 1.54) is 12.5 Å². The van der Waals surface area contributed by atoms with Crippen molar-refractivity contribution in [2.24, 2.45) is 34.5 Å². The maximum Gasteiger partial charge on any atom is 0.187 e. The van der Waals surface area contributed by atoms with Crippen LogP contribution in [0.1, 0.15) is 92.4 Å². The van der Waals surface area contributed by atoms with Crippen molar-refractivity contribution in [2.45, 2.75) is 208 Å². The van der Waals surface area contributed by atoms with Crippen molar-refractivity contribution < 1.29 is 89.0 Å². The molecular weight excluding hydrogens is 816 g/mol. The van der Waals surface area contributed by atoms with E-state index in [9.17, 15) is 51.1 Å². The molecule has 9 rings (SSSR count). The van der Waals surface area contributed by atoms with Gasteiger partial charge in [0.1, 0.15) is 66.6 Å². The van der Waals surface area contributed by atoms with Gasteiger partial charge in [0.25, 0.3) is 0 Å². The lowest BCUT2D eigenvalue weighted by molar-refractivity contribution is -0.386. The lowest BCUT2D eigenvalue weighted by Gasteiger charge is -2.63. The fraction of sp³-hybridized carbons (Fsp3) is 0.955. The number of hydrogen-bond donors (Lipinski definition) is 10. The lowest BCUT2D eigenvalue weighted by Crippen LogP contribution is -2.67. The number of fused-ring (bicyclic) bond motifs is 7. The van der Waals surface area contributed by atoms with Crippen LogP contribution < -0.4 is 0 Å². The van der Waals surface area contributed by atoms with E-state index in [1.807, 2.05) is 6.92 Å². The Labute approximate surface area is 362 Å². The van der Waals surface area contributed by atoms with E-state index in [0.29, 0.717) is 57.5 Å². The second kappa shape index (κ2) is 16.4. The van der Waals surface area contributed by atoms with Crippen LogP contribution in [0.15, 0.2) is 11.6 Å². The van der Waals surface area contributed by atoms with Crippen LogP contribution in [-0.4, -0.2) is 186 Å². The van der Waals surface area contributed by atoms with Crippen molar-refractivity contribution in [3.8, 4) is 0 Å². The molecule has 18 nitrogen and oxygen atoms in total. The summed E-state index contributed by atoms with van der Waals surface area (Å²) in [6.45, 7) is 9.51. The first-order chi connectivity index (χ1) is 29.2. The first-order valence-corrected chi connectivity index (χ1v) is 22.9. The molecule has 0 aromatic heterocycles. The monoisotopic (exact) mass is 886 g/mol. The molecular formula is C44H70O18. The molecule has 25 atom stereocenters. The van der Waals surface area contributed by atoms with E-state index in [2.05, 4.69) is 26.8 Å². The summed E-state index contributed by atoms with van der Waals surface area (Å²) in [7, 11) is 0. The van der Waals surface area contributed by atoms with Gasteiger partial charge < -0.3 is 89.0 Å². The van der Waals surface area contributed by atoms with Crippen LogP contribution in [-0.2, 0) is 37.9 Å². The first-order valence-electron chi connectivity index (χ1n) is 22.9. The Kier molecular flexibility index (Phi) is 12.2. The third-order valence-corrected chi connectivity index (χ3v) is 17.7. The van der Waals surface area contributed by atoms with E-state index in [4.69, 9.17) is 37.9 Å². The van der Waals surface area contributed by atoms with Gasteiger partial charge in [-0.1, -0.05) is 39.3 Å². The SMILES string of the molecule is C[C@@H]1CC[C@@]2(OC1)O[C@H]1C[C@@]3(O)[C@@H]4CC=C5C[C@@H](O[C@@H]6O[C@H](CO)[C@@H](O[C@@H]7OC[C@@H](O)[C@H](O)[C@H]7O)[C@H](O)[C@H]6O[C@@H]6O[C@@H](C)[C@H](O)[C@@H](O)[C@H]6O)CC[C@]5(C)[C@H]4CC[C@]3(C)[C@@]1(O)[C@@H]2C. The molecule has 354 valence electrons. The van der Waals surface area contributed by atoms with Gasteiger partial charge in [0.2, 0.25) is 0 Å². The number of aliphatic hydroxyl groups excluding tert-OH is 8. The highest BCUT2D eigenvalue weighted by Crippen LogP contribution is 2.73. The predicted molar refractivity (Wildman–Crippen MR) is 211 cm³/mol. The maximum absolute atomic E-state index is 13.0. The molecule has 0 amide bonds. The molecule has 5 heterocycles. The van der Waals surface area contributed by atoms with Crippen molar-refractivity contribution in [1.82, 2.24) is 0 Å². The van der Waals surface area contributed by atoms with Crippen molar-refractivity contribution in [3.63, 3.8) is 0 Å². The molecule has 0 aromatic carbocycles. The Bertz CT molecular complexity index is 1660. The topological polar surface area (TPSA) is 276 Å². The lowest BCUT2D eigenvalue weighted by atomic mass is 9.44. The summed E-state index contributed by atoms with van der Waals surface area (Å²) in [5.41, 5.74) is -2.37. The van der Waals surface area contributed by atoms with Crippen LogP contribution in [0.5, 0.6) is 0 Å². The number of rotatable bonds is 7. The van der Waals surface area contributed by atoms with E-state index >= 15 is 0 Å². The number of allylic oxidation sites excluding steroid dienone is 1. The van der Waals surface area contributed by atoms with Crippen molar-refractivity contribution in [2.75, 3.05) is 19.8 Å². The first kappa shape index (κ1) is 46.1. The predicted octanol–water partition coefficient (Wildman–Crippen LogP) is -0.917. The Morgan fingerprint density at radius 3 is 2.16 bits per heavy atom. The molecule has 3 saturated carbocycles. The van der Waals surface area contributed by atoms with Crippen LogP contribution in [0.4, 0.5) is 0 Å². The molecule has 1 spiro atoms. The molecule has 18 heteroatoms. The van der Waals surface area contributed by atoms with Crippen molar-refractivity contribution in [3.05, 3.63) is 11.6 Å². The van der Waals surface area contributed by atoms with E-state index in [0.717, 1.165) is 12.8 Å². The van der Waals surface area contributed by atoms with Gasteiger partial charge in [-0.25, -0.2) is 0 Å². The van der Waals surface area contributed by atoms with Gasteiger partial charge >= 0.3 is 0 Å². The molecule has 0 aromatic rings. The highest BCUT2D eigenvalue weighted by atomic mass is 16.8. The summed E-state index contributed by atoms with van der Waals surface area (Å²) in [6.07, 6.45) is -14.0. The summed E-state index contributed by atoms with van der Waals surface area (Å²) in [5, 5.41) is 111. The minimum Gasteiger partial charge on any atom is -0.394 e. The summed E-state index contributed by atoms with van der Waals surface area (Å²) in [6, 6.07) is 0. The largest absolute Gasteiger partial charge is 0.394 e. The third-order valence-electron chi connectivity index (χ3n) is 17.7.